The van der Waals surface area contributed by atoms with Gasteiger partial charge in [0.1, 0.15) is 5.82 Å². The first kappa shape index (κ1) is 19.7. The summed E-state index contributed by atoms with van der Waals surface area (Å²) in [6.45, 7) is 1.38. The number of H-pyrrole nitrogens is 1. The number of nitrogens with one attached hydrogen (secondary N) is 1. The highest BCUT2D eigenvalue weighted by Crippen LogP contribution is 2.29. The topological polar surface area (TPSA) is 76.2 Å². The molecule has 0 spiro atoms. The fourth-order valence-corrected chi connectivity index (χ4v) is 2.97. The van der Waals surface area contributed by atoms with Crippen LogP contribution in [0.1, 0.15) is 0 Å². The van der Waals surface area contributed by atoms with Crippen LogP contribution >= 0.6 is 0 Å². The second-order valence-corrected chi connectivity index (χ2v) is 6.63. The molecule has 4 rings (SSSR count). The Hall–Kier alpha value is -3.59. The Bertz CT molecular complexity index is 1180. The SMILES string of the molecule is COCCN(C)c1cccc(-c2[nH]nc3nc(Oc4ccc(F)cc4F)ncc23)c1. The van der Waals surface area contributed by atoms with Crippen molar-refractivity contribution in [2.45, 2.75) is 0 Å². The van der Waals surface area contributed by atoms with E-state index in [9.17, 15) is 8.78 Å². The smallest absolute Gasteiger partial charge is 0.324 e. The number of likely N-dealkylation sites (N-methyl/N-ethyl adjacent to an activating group) is 1. The normalized spacial score (nSPS) is 11.1. The van der Waals surface area contributed by atoms with Gasteiger partial charge in [-0.1, -0.05) is 12.1 Å². The Balaban J connectivity index is 1.61. The Labute approximate surface area is 171 Å². The van der Waals surface area contributed by atoms with Crippen molar-refractivity contribution in [3.63, 3.8) is 0 Å². The molecule has 4 aromatic rings. The molecule has 7 nitrogen and oxygen atoms in total. The van der Waals surface area contributed by atoms with Gasteiger partial charge in [0.15, 0.2) is 17.2 Å². The molecular weight excluding hydrogens is 392 g/mol. The predicted octanol–water partition coefficient (Wildman–Crippen LogP) is 4.17. The van der Waals surface area contributed by atoms with Crippen LogP contribution in [0.15, 0.2) is 48.7 Å². The van der Waals surface area contributed by atoms with E-state index in [0.29, 0.717) is 17.6 Å². The van der Waals surface area contributed by atoms with Crippen LogP contribution < -0.4 is 9.64 Å². The largest absolute Gasteiger partial charge is 0.421 e. The first-order valence-corrected chi connectivity index (χ1v) is 9.19. The summed E-state index contributed by atoms with van der Waals surface area (Å²) < 4.78 is 37.3. The molecule has 2 aromatic carbocycles. The lowest BCUT2D eigenvalue weighted by Gasteiger charge is -2.19. The van der Waals surface area contributed by atoms with Crippen LogP contribution in [0.25, 0.3) is 22.3 Å². The first-order valence-electron chi connectivity index (χ1n) is 9.19. The molecule has 0 bridgehead atoms. The van der Waals surface area contributed by atoms with Gasteiger partial charge in [0, 0.05) is 44.2 Å². The lowest BCUT2D eigenvalue weighted by atomic mass is 10.1. The quantitative estimate of drug-likeness (QED) is 0.492. The molecule has 30 heavy (non-hydrogen) atoms. The van der Waals surface area contributed by atoms with E-state index < -0.39 is 11.6 Å². The maximum absolute atomic E-state index is 13.8. The maximum atomic E-state index is 13.8. The number of aromatic nitrogens is 4. The summed E-state index contributed by atoms with van der Waals surface area (Å²) >= 11 is 0. The van der Waals surface area contributed by atoms with E-state index in [2.05, 4.69) is 25.1 Å². The number of aromatic amines is 1. The summed E-state index contributed by atoms with van der Waals surface area (Å²) in [4.78, 5) is 10.4. The molecule has 0 amide bonds. The minimum atomic E-state index is -0.837. The van der Waals surface area contributed by atoms with Crippen molar-refractivity contribution in [1.82, 2.24) is 20.2 Å². The van der Waals surface area contributed by atoms with Gasteiger partial charge >= 0.3 is 6.01 Å². The summed E-state index contributed by atoms with van der Waals surface area (Å²) in [6, 6.07) is 10.9. The van der Waals surface area contributed by atoms with Crippen molar-refractivity contribution in [3.8, 4) is 23.0 Å². The zero-order valence-corrected chi connectivity index (χ0v) is 16.4. The summed E-state index contributed by atoms with van der Waals surface area (Å²) in [5.74, 6) is -1.70. The highest BCUT2D eigenvalue weighted by Gasteiger charge is 2.14. The van der Waals surface area contributed by atoms with Crippen LogP contribution in [0.3, 0.4) is 0 Å². The molecule has 0 radical (unpaired) electrons. The minimum absolute atomic E-state index is 0.0842. The number of rotatable bonds is 7. The van der Waals surface area contributed by atoms with E-state index in [1.165, 1.54) is 6.07 Å². The fourth-order valence-electron chi connectivity index (χ4n) is 2.97. The second kappa shape index (κ2) is 8.42. The van der Waals surface area contributed by atoms with Crippen LogP contribution in [-0.4, -0.2) is 47.5 Å². The minimum Gasteiger partial charge on any atom is -0.421 e. The summed E-state index contributed by atoms with van der Waals surface area (Å²) in [5, 5.41) is 7.88. The van der Waals surface area contributed by atoms with E-state index in [4.69, 9.17) is 9.47 Å². The van der Waals surface area contributed by atoms with Crippen molar-refractivity contribution in [2.75, 3.05) is 32.2 Å². The molecular formula is C21H19F2N5O2. The Morgan fingerprint density at radius 2 is 2.00 bits per heavy atom. The van der Waals surface area contributed by atoms with Gasteiger partial charge in [-0.25, -0.2) is 13.8 Å². The highest BCUT2D eigenvalue weighted by molar-refractivity contribution is 5.90. The van der Waals surface area contributed by atoms with Crippen LogP contribution in [0.5, 0.6) is 11.8 Å². The molecule has 0 unspecified atom stereocenters. The van der Waals surface area contributed by atoms with Crippen molar-refractivity contribution < 1.29 is 18.3 Å². The van der Waals surface area contributed by atoms with Gasteiger partial charge in [-0.15, -0.1) is 0 Å². The van der Waals surface area contributed by atoms with E-state index in [-0.39, 0.29) is 11.8 Å². The molecule has 0 aliphatic heterocycles. The average molecular weight is 411 g/mol. The highest BCUT2D eigenvalue weighted by atomic mass is 19.1. The van der Waals surface area contributed by atoms with Crippen molar-refractivity contribution in [1.29, 1.82) is 0 Å². The molecule has 0 saturated carbocycles. The molecule has 154 valence electrons. The maximum Gasteiger partial charge on any atom is 0.324 e. The van der Waals surface area contributed by atoms with E-state index >= 15 is 0 Å². The summed E-state index contributed by atoms with van der Waals surface area (Å²) in [7, 11) is 3.66. The van der Waals surface area contributed by atoms with Crippen LogP contribution in [-0.2, 0) is 4.74 Å². The third kappa shape index (κ3) is 4.06. The van der Waals surface area contributed by atoms with Crippen molar-refractivity contribution in [3.05, 3.63) is 60.3 Å². The predicted molar refractivity (Wildman–Crippen MR) is 109 cm³/mol. The molecule has 0 aliphatic rings. The lowest BCUT2D eigenvalue weighted by Crippen LogP contribution is -2.21. The standard InChI is InChI=1S/C21H19F2N5O2/c1-28(8-9-29-2)15-5-3-4-13(10-15)19-16-12-24-21(25-20(16)27-26-19)30-18-7-6-14(22)11-17(18)23/h3-7,10-12H,8-9H2,1-2H3,(H,24,25,26,27). The first-order chi connectivity index (χ1) is 14.5. The third-order valence-corrected chi connectivity index (χ3v) is 4.59. The third-order valence-electron chi connectivity index (χ3n) is 4.59. The number of hydrogen-bond acceptors (Lipinski definition) is 6. The summed E-state index contributed by atoms with van der Waals surface area (Å²) in [5.41, 5.74) is 3.07. The number of fused-ring (bicyclic) bond motifs is 1. The van der Waals surface area contributed by atoms with Gasteiger partial charge < -0.3 is 14.4 Å². The van der Waals surface area contributed by atoms with Crippen LogP contribution in [0.4, 0.5) is 14.5 Å². The van der Waals surface area contributed by atoms with E-state index in [1.807, 2.05) is 31.3 Å². The molecule has 2 heterocycles. The molecule has 0 fully saturated rings. The number of ether oxygens (including phenoxy) is 2. The summed E-state index contributed by atoms with van der Waals surface area (Å²) in [6.07, 6.45) is 1.55. The fraction of sp³-hybridized carbons (Fsp3) is 0.190. The zero-order chi connectivity index (χ0) is 21.1. The monoisotopic (exact) mass is 411 g/mol. The Morgan fingerprint density at radius 1 is 1.13 bits per heavy atom. The number of benzene rings is 2. The molecule has 1 N–H and O–H groups in total. The van der Waals surface area contributed by atoms with Gasteiger partial charge in [-0.2, -0.15) is 10.1 Å². The van der Waals surface area contributed by atoms with Crippen molar-refractivity contribution in [2.24, 2.45) is 0 Å². The zero-order valence-electron chi connectivity index (χ0n) is 16.4. The molecule has 0 aliphatic carbocycles. The number of hydrogen-bond donors (Lipinski definition) is 1. The van der Waals surface area contributed by atoms with E-state index in [0.717, 1.165) is 35.6 Å². The van der Waals surface area contributed by atoms with Gasteiger partial charge in [0.25, 0.3) is 0 Å². The number of anilines is 1. The lowest BCUT2D eigenvalue weighted by molar-refractivity contribution is 0.206. The van der Waals surface area contributed by atoms with Crippen molar-refractivity contribution >= 4 is 16.7 Å². The van der Waals surface area contributed by atoms with Gasteiger partial charge in [0.2, 0.25) is 0 Å². The van der Waals surface area contributed by atoms with Crippen LogP contribution in [0.2, 0.25) is 0 Å². The number of halogens is 2. The number of nitrogens with zero attached hydrogens (tertiary/aromatic N) is 4. The van der Waals surface area contributed by atoms with E-state index in [1.54, 1.807) is 13.3 Å². The molecule has 0 saturated heterocycles. The molecule has 0 atom stereocenters. The number of methoxy groups -OCH3 is 1. The van der Waals surface area contributed by atoms with Gasteiger partial charge in [0.05, 0.1) is 17.7 Å². The average Bonchev–Trinajstić information content (AvgIpc) is 3.17. The molecule has 9 heteroatoms. The second-order valence-electron chi connectivity index (χ2n) is 6.63. The Morgan fingerprint density at radius 3 is 2.80 bits per heavy atom. The van der Waals surface area contributed by atoms with Crippen LogP contribution in [0, 0.1) is 11.6 Å². The Kier molecular flexibility index (Phi) is 5.53. The molecule has 2 aromatic heterocycles. The van der Waals surface area contributed by atoms with Gasteiger partial charge in [-0.05, 0) is 24.3 Å². The van der Waals surface area contributed by atoms with Gasteiger partial charge in [-0.3, -0.25) is 5.10 Å².